The summed E-state index contributed by atoms with van der Waals surface area (Å²) in [6.45, 7) is 3.56. The van der Waals surface area contributed by atoms with Gasteiger partial charge in [-0.2, -0.15) is 5.26 Å². The van der Waals surface area contributed by atoms with Gasteiger partial charge in [-0.25, -0.2) is 9.97 Å². The molecule has 1 aliphatic heterocycles. The van der Waals surface area contributed by atoms with Crippen molar-refractivity contribution in [2.45, 2.75) is 0 Å². The number of anilines is 3. The molecule has 0 aliphatic carbocycles. The molecule has 2 aromatic heterocycles. The number of piperazine rings is 1. The normalized spacial score (nSPS) is 14.8. The first-order valence-corrected chi connectivity index (χ1v) is 6.84. The molecular formula is C15H16N6. The monoisotopic (exact) mass is 280 g/mol. The highest BCUT2D eigenvalue weighted by molar-refractivity contribution is 5.52. The maximum absolute atomic E-state index is 8.92. The molecule has 2 N–H and O–H groups in total. The Morgan fingerprint density at radius 1 is 1.05 bits per heavy atom. The van der Waals surface area contributed by atoms with Crippen LogP contribution in [0.15, 0.2) is 36.7 Å². The molecule has 0 amide bonds. The second-order valence-corrected chi connectivity index (χ2v) is 4.93. The summed E-state index contributed by atoms with van der Waals surface area (Å²) < 4.78 is 0. The summed E-state index contributed by atoms with van der Waals surface area (Å²) in [4.78, 5) is 12.9. The van der Waals surface area contributed by atoms with E-state index in [1.807, 2.05) is 24.3 Å². The summed E-state index contributed by atoms with van der Waals surface area (Å²) in [5.41, 5.74) is 7.84. The molecule has 0 radical (unpaired) electrons. The zero-order chi connectivity index (χ0) is 14.7. The largest absolute Gasteiger partial charge is 0.397 e. The molecule has 6 nitrogen and oxygen atoms in total. The van der Waals surface area contributed by atoms with E-state index < -0.39 is 0 Å². The van der Waals surface area contributed by atoms with Crippen molar-refractivity contribution in [2.75, 3.05) is 41.7 Å². The molecule has 1 saturated heterocycles. The Morgan fingerprint density at radius 3 is 2.48 bits per heavy atom. The van der Waals surface area contributed by atoms with Crippen molar-refractivity contribution < 1.29 is 0 Å². The molecule has 0 spiro atoms. The van der Waals surface area contributed by atoms with Crippen LogP contribution in [0.5, 0.6) is 0 Å². The minimum absolute atomic E-state index is 0.454. The average molecular weight is 280 g/mol. The van der Waals surface area contributed by atoms with Crippen molar-refractivity contribution in [2.24, 2.45) is 0 Å². The lowest BCUT2D eigenvalue weighted by atomic mass is 10.2. The molecule has 0 bridgehead atoms. The highest BCUT2D eigenvalue weighted by Crippen LogP contribution is 2.19. The third kappa shape index (κ3) is 2.87. The summed E-state index contributed by atoms with van der Waals surface area (Å²) in [5, 5.41) is 8.92. The van der Waals surface area contributed by atoms with Crippen LogP contribution in [0.4, 0.5) is 17.2 Å². The lowest BCUT2D eigenvalue weighted by molar-refractivity contribution is 0.647. The van der Waals surface area contributed by atoms with Crippen molar-refractivity contribution >= 4 is 17.2 Å². The second kappa shape index (κ2) is 5.67. The van der Waals surface area contributed by atoms with Gasteiger partial charge in [-0.3, -0.25) is 0 Å². The summed E-state index contributed by atoms with van der Waals surface area (Å²) in [7, 11) is 0. The molecule has 3 heterocycles. The van der Waals surface area contributed by atoms with Crippen molar-refractivity contribution in [3.05, 3.63) is 42.4 Å². The molecule has 1 aliphatic rings. The Morgan fingerprint density at radius 2 is 1.81 bits per heavy atom. The predicted molar refractivity (Wildman–Crippen MR) is 82.0 cm³/mol. The van der Waals surface area contributed by atoms with Crippen LogP contribution in [-0.2, 0) is 0 Å². The predicted octanol–water partition coefficient (Wildman–Crippen LogP) is 1.26. The average Bonchev–Trinajstić information content (AvgIpc) is 2.56. The molecule has 6 heteroatoms. The first-order chi connectivity index (χ1) is 10.3. The van der Waals surface area contributed by atoms with Crippen LogP contribution in [-0.4, -0.2) is 36.1 Å². The fourth-order valence-electron chi connectivity index (χ4n) is 2.46. The molecule has 0 saturated carbocycles. The maximum atomic E-state index is 8.92. The number of rotatable bonds is 2. The van der Waals surface area contributed by atoms with Crippen molar-refractivity contribution in [3.8, 4) is 6.07 Å². The minimum Gasteiger partial charge on any atom is -0.397 e. The summed E-state index contributed by atoms with van der Waals surface area (Å²) >= 11 is 0. The zero-order valence-electron chi connectivity index (χ0n) is 11.6. The van der Waals surface area contributed by atoms with E-state index in [0.29, 0.717) is 11.4 Å². The number of aromatic nitrogens is 2. The summed E-state index contributed by atoms with van der Waals surface area (Å²) in [5.74, 6) is 0.955. The molecule has 2 aromatic rings. The van der Waals surface area contributed by atoms with Crippen LogP contribution in [0.25, 0.3) is 0 Å². The number of pyridine rings is 2. The zero-order valence-corrected chi connectivity index (χ0v) is 11.6. The minimum atomic E-state index is 0.454. The topological polar surface area (TPSA) is 82.1 Å². The van der Waals surface area contributed by atoms with Gasteiger partial charge < -0.3 is 15.5 Å². The van der Waals surface area contributed by atoms with E-state index in [1.54, 1.807) is 12.4 Å². The molecule has 1 fully saturated rings. The lowest BCUT2D eigenvalue weighted by Crippen LogP contribution is -2.46. The number of nitrogens with zero attached hydrogens (tertiary/aromatic N) is 5. The van der Waals surface area contributed by atoms with Gasteiger partial charge in [0.1, 0.15) is 17.6 Å². The number of nitrogens with two attached hydrogens (primary N) is 1. The van der Waals surface area contributed by atoms with E-state index >= 15 is 0 Å². The fraction of sp³-hybridized carbons (Fsp3) is 0.267. The van der Waals surface area contributed by atoms with Gasteiger partial charge >= 0.3 is 0 Å². The van der Waals surface area contributed by atoms with Gasteiger partial charge in [-0.05, 0) is 24.3 Å². The molecule has 3 rings (SSSR count). The quantitative estimate of drug-likeness (QED) is 0.891. The molecule has 21 heavy (non-hydrogen) atoms. The second-order valence-electron chi connectivity index (χ2n) is 4.93. The SMILES string of the molecule is N#Cc1cc(N2CCN(c3ccc(N)cn3)CC2)ccn1. The van der Waals surface area contributed by atoms with Crippen LogP contribution in [0.1, 0.15) is 5.69 Å². The number of hydrogen-bond donors (Lipinski definition) is 1. The molecule has 0 unspecified atom stereocenters. The van der Waals surface area contributed by atoms with Crippen LogP contribution < -0.4 is 15.5 Å². The van der Waals surface area contributed by atoms with Gasteiger partial charge in [-0.1, -0.05) is 0 Å². The van der Waals surface area contributed by atoms with Gasteiger partial charge in [0, 0.05) is 38.1 Å². The third-order valence-electron chi connectivity index (χ3n) is 3.60. The van der Waals surface area contributed by atoms with Crippen LogP contribution in [0.2, 0.25) is 0 Å². The Kier molecular flexibility index (Phi) is 3.56. The van der Waals surface area contributed by atoms with Gasteiger partial charge in [0.2, 0.25) is 0 Å². The molecule has 106 valence electrons. The van der Waals surface area contributed by atoms with Crippen molar-refractivity contribution in [1.82, 2.24) is 9.97 Å². The summed E-state index contributed by atoms with van der Waals surface area (Å²) in [6, 6.07) is 9.67. The smallest absolute Gasteiger partial charge is 0.142 e. The summed E-state index contributed by atoms with van der Waals surface area (Å²) in [6.07, 6.45) is 3.37. The van der Waals surface area contributed by atoms with Gasteiger partial charge in [0.05, 0.1) is 11.9 Å². The Labute approximate surface area is 123 Å². The first kappa shape index (κ1) is 13.2. The van der Waals surface area contributed by atoms with E-state index in [0.717, 1.165) is 37.7 Å². The van der Waals surface area contributed by atoms with Crippen LogP contribution in [0, 0.1) is 11.3 Å². The number of nitrogen functional groups attached to an aromatic ring is 1. The van der Waals surface area contributed by atoms with E-state index in [1.165, 1.54) is 0 Å². The van der Waals surface area contributed by atoms with E-state index in [2.05, 4.69) is 25.8 Å². The highest BCUT2D eigenvalue weighted by Gasteiger charge is 2.18. The Bertz CT molecular complexity index is 653. The van der Waals surface area contributed by atoms with E-state index in [4.69, 9.17) is 11.0 Å². The number of nitriles is 1. The van der Waals surface area contributed by atoms with Gasteiger partial charge in [-0.15, -0.1) is 0 Å². The fourth-order valence-corrected chi connectivity index (χ4v) is 2.46. The van der Waals surface area contributed by atoms with E-state index in [9.17, 15) is 0 Å². The Balaban J connectivity index is 1.67. The maximum Gasteiger partial charge on any atom is 0.142 e. The Hall–Kier alpha value is -2.81. The van der Waals surface area contributed by atoms with Crippen LogP contribution in [0.3, 0.4) is 0 Å². The molecule has 0 atom stereocenters. The first-order valence-electron chi connectivity index (χ1n) is 6.84. The lowest BCUT2D eigenvalue weighted by Gasteiger charge is -2.36. The van der Waals surface area contributed by atoms with Gasteiger partial charge in [0.25, 0.3) is 0 Å². The standard InChI is InChI=1S/C15H16N6/c16-10-13-9-14(3-4-18-13)20-5-7-21(8-6-20)15-2-1-12(17)11-19-15/h1-4,9,11H,5-8,17H2. The van der Waals surface area contributed by atoms with Crippen molar-refractivity contribution in [1.29, 1.82) is 5.26 Å². The third-order valence-corrected chi connectivity index (χ3v) is 3.60. The number of hydrogen-bond acceptors (Lipinski definition) is 6. The molecular weight excluding hydrogens is 264 g/mol. The molecule has 0 aromatic carbocycles. The highest BCUT2D eigenvalue weighted by atomic mass is 15.3. The van der Waals surface area contributed by atoms with Crippen molar-refractivity contribution in [3.63, 3.8) is 0 Å². The van der Waals surface area contributed by atoms with Crippen LogP contribution >= 0.6 is 0 Å². The van der Waals surface area contributed by atoms with Gasteiger partial charge in [0.15, 0.2) is 0 Å². The van der Waals surface area contributed by atoms with E-state index in [-0.39, 0.29) is 0 Å².